The molecule has 1 heterocycles. The van der Waals surface area contributed by atoms with Crippen LogP contribution in [0.4, 0.5) is 5.95 Å². The highest BCUT2D eigenvalue weighted by atomic mass is 16.5. The molecular formula is C14H27N3O. The fourth-order valence-corrected chi connectivity index (χ4v) is 1.87. The van der Waals surface area contributed by atoms with Crippen molar-refractivity contribution in [1.29, 1.82) is 0 Å². The van der Waals surface area contributed by atoms with Gasteiger partial charge in [0.15, 0.2) is 0 Å². The normalized spacial score (nSPS) is 13.7. The van der Waals surface area contributed by atoms with Crippen LogP contribution in [-0.2, 0) is 11.3 Å². The topological polar surface area (TPSA) is 39.1 Å². The summed E-state index contributed by atoms with van der Waals surface area (Å²) in [5, 5.41) is 3.41. The summed E-state index contributed by atoms with van der Waals surface area (Å²) < 4.78 is 7.36. The smallest absolute Gasteiger partial charge is 0.203 e. The van der Waals surface area contributed by atoms with Gasteiger partial charge in [-0.1, -0.05) is 20.8 Å². The fraction of sp³-hybridized carbons (Fsp3) is 0.786. The standard InChI is InChI=1S/C14H27N3O/c1-7-14(4,5)10-17-8-11(2)15-13(17)16-12(3)9-18-6/h8,12H,7,9-10H2,1-6H3,(H,15,16). The van der Waals surface area contributed by atoms with Crippen LogP contribution in [0.2, 0.25) is 0 Å². The molecule has 1 aromatic rings. The number of hydrogen-bond donors (Lipinski definition) is 1. The van der Waals surface area contributed by atoms with Crippen molar-refractivity contribution in [2.45, 2.75) is 53.6 Å². The number of anilines is 1. The summed E-state index contributed by atoms with van der Waals surface area (Å²) in [5.41, 5.74) is 1.34. The lowest BCUT2D eigenvalue weighted by Crippen LogP contribution is -2.25. The Bertz CT molecular complexity index is 371. The third kappa shape index (κ3) is 4.33. The number of rotatable bonds is 7. The van der Waals surface area contributed by atoms with E-state index in [1.54, 1.807) is 7.11 Å². The van der Waals surface area contributed by atoms with E-state index in [1.807, 2.05) is 6.92 Å². The van der Waals surface area contributed by atoms with Crippen LogP contribution in [-0.4, -0.2) is 29.3 Å². The van der Waals surface area contributed by atoms with E-state index in [2.05, 4.69) is 48.8 Å². The maximum atomic E-state index is 5.15. The first kappa shape index (κ1) is 15.0. The van der Waals surface area contributed by atoms with Gasteiger partial charge in [0, 0.05) is 25.9 Å². The summed E-state index contributed by atoms with van der Waals surface area (Å²) >= 11 is 0. The molecule has 0 aromatic carbocycles. The van der Waals surface area contributed by atoms with Crippen LogP contribution < -0.4 is 5.32 Å². The van der Waals surface area contributed by atoms with Gasteiger partial charge >= 0.3 is 0 Å². The molecule has 0 spiro atoms. The monoisotopic (exact) mass is 253 g/mol. The minimum absolute atomic E-state index is 0.264. The Labute approximate surface area is 111 Å². The number of ether oxygens (including phenoxy) is 1. The Kier molecular flexibility index (Phi) is 5.20. The van der Waals surface area contributed by atoms with Crippen LogP contribution in [0.15, 0.2) is 6.20 Å². The lowest BCUT2D eigenvalue weighted by Gasteiger charge is -2.25. The van der Waals surface area contributed by atoms with Crippen molar-refractivity contribution in [3.63, 3.8) is 0 Å². The van der Waals surface area contributed by atoms with Gasteiger partial charge in [-0.25, -0.2) is 4.98 Å². The third-order valence-corrected chi connectivity index (χ3v) is 3.24. The van der Waals surface area contributed by atoms with Gasteiger partial charge in [-0.05, 0) is 25.7 Å². The van der Waals surface area contributed by atoms with E-state index in [1.165, 1.54) is 0 Å². The van der Waals surface area contributed by atoms with Crippen LogP contribution in [0.1, 0.15) is 39.8 Å². The second-order valence-electron chi connectivity index (χ2n) is 5.85. The molecular weight excluding hydrogens is 226 g/mol. The predicted molar refractivity (Wildman–Crippen MR) is 76.0 cm³/mol. The van der Waals surface area contributed by atoms with Crippen molar-refractivity contribution >= 4 is 5.95 Å². The number of methoxy groups -OCH3 is 1. The van der Waals surface area contributed by atoms with Crippen molar-refractivity contribution in [1.82, 2.24) is 9.55 Å². The molecule has 0 aliphatic heterocycles. The fourth-order valence-electron chi connectivity index (χ4n) is 1.87. The van der Waals surface area contributed by atoms with E-state index in [4.69, 9.17) is 4.74 Å². The summed E-state index contributed by atoms with van der Waals surface area (Å²) in [6.07, 6.45) is 3.26. The second-order valence-corrected chi connectivity index (χ2v) is 5.85. The van der Waals surface area contributed by atoms with E-state index < -0.39 is 0 Å². The molecule has 1 aromatic heterocycles. The van der Waals surface area contributed by atoms with Gasteiger partial charge < -0.3 is 14.6 Å². The minimum atomic E-state index is 0.264. The number of nitrogens with zero attached hydrogens (tertiary/aromatic N) is 2. The maximum absolute atomic E-state index is 5.15. The largest absolute Gasteiger partial charge is 0.383 e. The number of aromatic nitrogens is 2. The average Bonchev–Trinajstić information content (AvgIpc) is 2.58. The van der Waals surface area contributed by atoms with Gasteiger partial charge in [0.1, 0.15) is 0 Å². The number of aryl methyl sites for hydroxylation is 1. The highest BCUT2D eigenvalue weighted by molar-refractivity contribution is 5.30. The molecule has 18 heavy (non-hydrogen) atoms. The molecule has 0 aliphatic rings. The molecule has 1 atom stereocenters. The van der Waals surface area contributed by atoms with Crippen LogP contribution in [0.25, 0.3) is 0 Å². The summed E-state index contributed by atoms with van der Waals surface area (Å²) in [4.78, 5) is 4.55. The maximum Gasteiger partial charge on any atom is 0.203 e. The van der Waals surface area contributed by atoms with E-state index >= 15 is 0 Å². The van der Waals surface area contributed by atoms with Gasteiger partial charge in [-0.2, -0.15) is 0 Å². The Morgan fingerprint density at radius 2 is 2.17 bits per heavy atom. The van der Waals surface area contributed by atoms with Crippen LogP contribution in [0.3, 0.4) is 0 Å². The van der Waals surface area contributed by atoms with E-state index in [0.29, 0.717) is 6.61 Å². The molecule has 0 saturated carbocycles. The van der Waals surface area contributed by atoms with Gasteiger partial charge in [0.2, 0.25) is 5.95 Å². The Morgan fingerprint density at radius 3 is 2.72 bits per heavy atom. The Morgan fingerprint density at radius 1 is 1.50 bits per heavy atom. The zero-order valence-corrected chi connectivity index (χ0v) is 12.6. The number of nitrogens with one attached hydrogen (secondary N) is 1. The zero-order chi connectivity index (χ0) is 13.8. The van der Waals surface area contributed by atoms with Crippen molar-refractivity contribution in [2.75, 3.05) is 19.0 Å². The zero-order valence-electron chi connectivity index (χ0n) is 12.6. The highest BCUT2D eigenvalue weighted by Gasteiger charge is 2.18. The minimum Gasteiger partial charge on any atom is -0.383 e. The molecule has 4 nitrogen and oxygen atoms in total. The van der Waals surface area contributed by atoms with Crippen LogP contribution >= 0.6 is 0 Å². The Hall–Kier alpha value is -1.03. The molecule has 0 amide bonds. The highest BCUT2D eigenvalue weighted by Crippen LogP contribution is 2.24. The van der Waals surface area contributed by atoms with E-state index in [0.717, 1.165) is 24.6 Å². The average molecular weight is 253 g/mol. The molecule has 1 rings (SSSR count). The molecule has 1 N–H and O–H groups in total. The molecule has 0 fully saturated rings. The summed E-state index contributed by atoms with van der Waals surface area (Å²) in [6, 6.07) is 0.264. The molecule has 0 bridgehead atoms. The number of hydrogen-bond acceptors (Lipinski definition) is 3. The lowest BCUT2D eigenvalue weighted by molar-refractivity contribution is 0.190. The summed E-state index contributed by atoms with van der Waals surface area (Å²) in [7, 11) is 1.72. The van der Waals surface area contributed by atoms with Crippen molar-refractivity contribution in [3.05, 3.63) is 11.9 Å². The number of imidazole rings is 1. The van der Waals surface area contributed by atoms with Crippen molar-refractivity contribution in [3.8, 4) is 0 Å². The van der Waals surface area contributed by atoms with E-state index in [9.17, 15) is 0 Å². The first-order chi connectivity index (χ1) is 8.38. The van der Waals surface area contributed by atoms with Crippen LogP contribution in [0.5, 0.6) is 0 Å². The van der Waals surface area contributed by atoms with Gasteiger partial charge in [-0.3, -0.25) is 0 Å². The van der Waals surface area contributed by atoms with Gasteiger partial charge in [-0.15, -0.1) is 0 Å². The lowest BCUT2D eigenvalue weighted by atomic mass is 9.90. The first-order valence-electron chi connectivity index (χ1n) is 6.67. The SMILES string of the molecule is CCC(C)(C)Cn1cc(C)nc1NC(C)COC. The van der Waals surface area contributed by atoms with Gasteiger partial charge in [0.25, 0.3) is 0 Å². The third-order valence-electron chi connectivity index (χ3n) is 3.24. The summed E-state index contributed by atoms with van der Waals surface area (Å²) in [6.45, 7) is 12.6. The summed E-state index contributed by atoms with van der Waals surface area (Å²) in [5.74, 6) is 0.943. The first-order valence-corrected chi connectivity index (χ1v) is 6.67. The van der Waals surface area contributed by atoms with Crippen molar-refractivity contribution in [2.24, 2.45) is 5.41 Å². The molecule has 0 saturated heterocycles. The molecule has 104 valence electrons. The quantitative estimate of drug-likeness (QED) is 0.811. The Balaban J connectivity index is 2.79. The molecule has 1 unspecified atom stereocenters. The molecule has 4 heteroatoms. The van der Waals surface area contributed by atoms with Gasteiger partial charge in [0.05, 0.1) is 12.3 Å². The van der Waals surface area contributed by atoms with Crippen LogP contribution in [0, 0.1) is 12.3 Å². The van der Waals surface area contributed by atoms with Crippen molar-refractivity contribution < 1.29 is 4.74 Å². The second kappa shape index (κ2) is 6.23. The molecule has 0 aliphatic carbocycles. The predicted octanol–water partition coefficient (Wildman–Crippen LogP) is 3.07. The molecule has 0 radical (unpaired) electrons. The van der Waals surface area contributed by atoms with E-state index in [-0.39, 0.29) is 11.5 Å².